The lowest BCUT2D eigenvalue weighted by molar-refractivity contribution is -0.117. The number of carbonyl (C=O) groups is 2. The molecule has 5 nitrogen and oxygen atoms in total. The van der Waals surface area contributed by atoms with Crippen molar-refractivity contribution >= 4 is 35.1 Å². The summed E-state index contributed by atoms with van der Waals surface area (Å²) in [6.45, 7) is 0. The third-order valence-electron chi connectivity index (χ3n) is 3.35. The second kappa shape index (κ2) is 7.28. The number of hydrogen-bond donors (Lipinski definition) is 2. The first-order chi connectivity index (χ1) is 11.2. The molecule has 3 rings (SSSR count). The van der Waals surface area contributed by atoms with Crippen molar-refractivity contribution in [2.75, 3.05) is 16.4 Å². The summed E-state index contributed by atoms with van der Waals surface area (Å²) in [5.41, 5.74) is 0.775. The molecule has 0 atom stereocenters. The number of amides is 2. The minimum Gasteiger partial charge on any atom is -0.326 e. The average molecular weight is 327 g/mol. The van der Waals surface area contributed by atoms with Crippen molar-refractivity contribution in [1.82, 2.24) is 4.98 Å². The Labute approximate surface area is 138 Å². The van der Waals surface area contributed by atoms with Gasteiger partial charge in [0.2, 0.25) is 11.8 Å². The standard InChI is InChI=1S/C17H17N3O2S/c21-16(20-15-6-1-2-9-18-15)11-23-14-5-3-4-13(10-14)19-17(22)12-7-8-12/h1-6,9-10,12H,7-8,11H2,(H,19,22)(H,18,20,21). The Morgan fingerprint density at radius 2 is 2.00 bits per heavy atom. The van der Waals surface area contributed by atoms with Gasteiger partial charge in [-0.05, 0) is 43.2 Å². The fourth-order valence-corrected chi connectivity index (χ4v) is 2.77. The van der Waals surface area contributed by atoms with Gasteiger partial charge in [-0.2, -0.15) is 0 Å². The molecule has 23 heavy (non-hydrogen) atoms. The van der Waals surface area contributed by atoms with E-state index in [2.05, 4.69) is 15.6 Å². The van der Waals surface area contributed by atoms with E-state index in [0.29, 0.717) is 5.82 Å². The molecular formula is C17H17N3O2S. The lowest BCUT2D eigenvalue weighted by atomic mass is 10.3. The molecule has 1 aliphatic carbocycles. The predicted octanol–water partition coefficient (Wildman–Crippen LogP) is 3.16. The van der Waals surface area contributed by atoms with Gasteiger partial charge in [0.05, 0.1) is 5.75 Å². The number of hydrogen-bond acceptors (Lipinski definition) is 4. The Hall–Kier alpha value is -2.34. The van der Waals surface area contributed by atoms with Gasteiger partial charge in [-0.1, -0.05) is 12.1 Å². The van der Waals surface area contributed by atoms with Gasteiger partial charge < -0.3 is 10.6 Å². The fraction of sp³-hybridized carbons (Fsp3) is 0.235. The van der Waals surface area contributed by atoms with Crippen LogP contribution in [0.1, 0.15) is 12.8 Å². The molecule has 1 aromatic carbocycles. The smallest absolute Gasteiger partial charge is 0.235 e. The van der Waals surface area contributed by atoms with Gasteiger partial charge in [0.15, 0.2) is 0 Å². The van der Waals surface area contributed by atoms with Crippen LogP contribution in [0.2, 0.25) is 0 Å². The van der Waals surface area contributed by atoms with E-state index in [9.17, 15) is 9.59 Å². The van der Waals surface area contributed by atoms with Gasteiger partial charge in [-0.25, -0.2) is 4.98 Å². The Morgan fingerprint density at radius 3 is 2.74 bits per heavy atom. The van der Waals surface area contributed by atoms with Crippen LogP contribution in [-0.2, 0) is 9.59 Å². The summed E-state index contributed by atoms with van der Waals surface area (Å²) in [6, 6.07) is 12.9. The van der Waals surface area contributed by atoms with Gasteiger partial charge >= 0.3 is 0 Å². The molecule has 0 spiro atoms. The molecule has 1 saturated carbocycles. The van der Waals surface area contributed by atoms with Crippen LogP contribution in [0.15, 0.2) is 53.6 Å². The van der Waals surface area contributed by atoms with E-state index < -0.39 is 0 Å². The Kier molecular flexibility index (Phi) is 4.92. The van der Waals surface area contributed by atoms with Crippen LogP contribution >= 0.6 is 11.8 Å². The summed E-state index contributed by atoms with van der Waals surface area (Å²) in [5, 5.41) is 5.65. The first-order valence-electron chi connectivity index (χ1n) is 7.45. The minimum absolute atomic E-state index is 0.0834. The molecule has 0 radical (unpaired) electrons. The molecule has 2 aromatic rings. The maximum atomic E-state index is 11.9. The van der Waals surface area contributed by atoms with Crippen molar-refractivity contribution in [2.45, 2.75) is 17.7 Å². The number of rotatable bonds is 6. The molecule has 1 aliphatic rings. The highest BCUT2D eigenvalue weighted by Crippen LogP contribution is 2.30. The molecule has 118 valence electrons. The van der Waals surface area contributed by atoms with Crippen LogP contribution in [0.3, 0.4) is 0 Å². The van der Waals surface area contributed by atoms with Gasteiger partial charge in [0, 0.05) is 22.7 Å². The minimum atomic E-state index is -0.110. The highest BCUT2D eigenvalue weighted by Gasteiger charge is 2.29. The molecule has 1 heterocycles. The van der Waals surface area contributed by atoms with Gasteiger partial charge in [-0.15, -0.1) is 11.8 Å². The van der Waals surface area contributed by atoms with E-state index in [0.717, 1.165) is 23.4 Å². The molecule has 6 heteroatoms. The highest BCUT2D eigenvalue weighted by molar-refractivity contribution is 8.00. The summed E-state index contributed by atoms with van der Waals surface area (Å²) in [6.07, 6.45) is 3.59. The molecule has 1 fully saturated rings. The maximum Gasteiger partial charge on any atom is 0.235 e. The lowest BCUT2D eigenvalue weighted by Crippen LogP contribution is -2.15. The van der Waals surface area contributed by atoms with Crippen LogP contribution in [-0.4, -0.2) is 22.6 Å². The quantitative estimate of drug-likeness (QED) is 0.800. The number of thioether (sulfide) groups is 1. The van der Waals surface area contributed by atoms with E-state index in [1.54, 1.807) is 18.3 Å². The zero-order chi connectivity index (χ0) is 16.1. The largest absolute Gasteiger partial charge is 0.326 e. The fourth-order valence-electron chi connectivity index (χ4n) is 2.02. The predicted molar refractivity (Wildman–Crippen MR) is 91.4 cm³/mol. The average Bonchev–Trinajstić information content (AvgIpc) is 3.39. The molecule has 0 bridgehead atoms. The van der Waals surface area contributed by atoms with Crippen LogP contribution in [0.4, 0.5) is 11.5 Å². The summed E-state index contributed by atoms with van der Waals surface area (Å²) < 4.78 is 0. The number of carbonyl (C=O) groups excluding carboxylic acids is 2. The number of pyridine rings is 1. The zero-order valence-electron chi connectivity index (χ0n) is 12.5. The second-order valence-electron chi connectivity index (χ2n) is 5.34. The number of nitrogens with zero attached hydrogens (tertiary/aromatic N) is 1. The van der Waals surface area contributed by atoms with E-state index in [1.807, 2.05) is 30.3 Å². The summed E-state index contributed by atoms with van der Waals surface area (Å²) in [5.74, 6) is 0.983. The van der Waals surface area contributed by atoms with Crippen molar-refractivity contribution in [1.29, 1.82) is 0 Å². The Balaban J connectivity index is 1.51. The molecule has 1 aromatic heterocycles. The lowest BCUT2D eigenvalue weighted by Gasteiger charge is -2.07. The van der Waals surface area contributed by atoms with Crippen molar-refractivity contribution < 1.29 is 9.59 Å². The van der Waals surface area contributed by atoms with E-state index in [-0.39, 0.29) is 23.5 Å². The summed E-state index contributed by atoms with van der Waals surface area (Å²) in [7, 11) is 0. The molecular weight excluding hydrogens is 310 g/mol. The summed E-state index contributed by atoms with van der Waals surface area (Å²) in [4.78, 5) is 28.7. The monoisotopic (exact) mass is 327 g/mol. The molecule has 2 N–H and O–H groups in total. The van der Waals surface area contributed by atoms with Crippen molar-refractivity contribution in [3.05, 3.63) is 48.7 Å². The Morgan fingerprint density at radius 1 is 1.13 bits per heavy atom. The second-order valence-corrected chi connectivity index (χ2v) is 6.39. The molecule has 0 saturated heterocycles. The SMILES string of the molecule is O=C(CSc1cccc(NC(=O)C2CC2)c1)Nc1ccccn1. The van der Waals surface area contributed by atoms with Gasteiger partial charge in [0.25, 0.3) is 0 Å². The van der Waals surface area contributed by atoms with Crippen LogP contribution in [0.25, 0.3) is 0 Å². The molecule has 0 aliphatic heterocycles. The maximum absolute atomic E-state index is 11.9. The zero-order valence-corrected chi connectivity index (χ0v) is 13.3. The van der Waals surface area contributed by atoms with E-state index >= 15 is 0 Å². The normalized spacial score (nSPS) is 13.4. The van der Waals surface area contributed by atoms with E-state index in [1.165, 1.54) is 11.8 Å². The van der Waals surface area contributed by atoms with Crippen LogP contribution < -0.4 is 10.6 Å². The third kappa shape index (κ3) is 4.82. The Bertz CT molecular complexity index is 702. The number of nitrogens with one attached hydrogen (secondary N) is 2. The van der Waals surface area contributed by atoms with E-state index in [4.69, 9.17) is 0 Å². The van der Waals surface area contributed by atoms with Gasteiger partial charge in [-0.3, -0.25) is 9.59 Å². The van der Waals surface area contributed by atoms with Crippen molar-refractivity contribution in [3.8, 4) is 0 Å². The molecule has 0 unspecified atom stereocenters. The molecule has 2 amide bonds. The number of anilines is 2. The highest BCUT2D eigenvalue weighted by atomic mass is 32.2. The van der Waals surface area contributed by atoms with Gasteiger partial charge in [0.1, 0.15) is 5.82 Å². The first-order valence-corrected chi connectivity index (χ1v) is 8.44. The first kappa shape index (κ1) is 15.6. The van der Waals surface area contributed by atoms with Crippen LogP contribution in [0, 0.1) is 5.92 Å². The number of benzene rings is 1. The third-order valence-corrected chi connectivity index (χ3v) is 4.35. The summed E-state index contributed by atoms with van der Waals surface area (Å²) >= 11 is 1.42. The van der Waals surface area contributed by atoms with Crippen molar-refractivity contribution in [3.63, 3.8) is 0 Å². The van der Waals surface area contributed by atoms with Crippen LogP contribution in [0.5, 0.6) is 0 Å². The number of aromatic nitrogens is 1. The topological polar surface area (TPSA) is 71.1 Å². The van der Waals surface area contributed by atoms with Crippen molar-refractivity contribution in [2.24, 2.45) is 5.92 Å².